The van der Waals surface area contributed by atoms with Gasteiger partial charge in [-0.25, -0.2) is 0 Å². The van der Waals surface area contributed by atoms with Crippen LogP contribution in [0.2, 0.25) is 0 Å². The van der Waals surface area contributed by atoms with Crippen molar-refractivity contribution >= 4 is 0 Å². The molecule has 1 atom stereocenters. The molecule has 1 saturated heterocycles. The van der Waals surface area contributed by atoms with Gasteiger partial charge in [0.1, 0.15) is 12.7 Å². The molecule has 0 spiro atoms. The van der Waals surface area contributed by atoms with E-state index in [1.165, 1.54) is 19.3 Å². The summed E-state index contributed by atoms with van der Waals surface area (Å²) in [6.07, 6.45) is 3.33. The maximum Gasteiger partial charge on any atom is 0.161 e. The normalized spacial score (nSPS) is 18.0. The number of rotatable bonds is 6. The fourth-order valence-electron chi connectivity index (χ4n) is 2.42. The fraction of sp³-hybridized carbons (Fsp3) is 0.600. The molecule has 1 heterocycles. The van der Waals surface area contributed by atoms with Gasteiger partial charge in [0, 0.05) is 6.54 Å². The highest BCUT2D eigenvalue weighted by atomic mass is 16.5. The van der Waals surface area contributed by atoms with Crippen molar-refractivity contribution in [2.75, 3.05) is 33.4 Å². The van der Waals surface area contributed by atoms with E-state index in [4.69, 9.17) is 9.47 Å². The van der Waals surface area contributed by atoms with Crippen LogP contribution in [0.5, 0.6) is 11.5 Å². The molecular weight excluding hydrogens is 242 g/mol. The van der Waals surface area contributed by atoms with Gasteiger partial charge in [-0.15, -0.1) is 0 Å². The number of benzene rings is 1. The number of methoxy groups -OCH3 is 1. The Kier molecular flexibility index (Phi) is 5.48. The van der Waals surface area contributed by atoms with Gasteiger partial charge in [-0.3, -0.25) is 0 Å². The van der Waals surface area contributed by atoms with Crippen LogP contribution in [0.1, 0.15) is 19.3 Å². The SMILES string of the molecule is COc1ccccc1OC[C@@H](O)CN1CCCCC1. The van der Waals surface area contributed by atoms with Crippen molar-refractivity contribution in [2.24, 2.45) is 0 Å². The van der Waals surface area contributed by atoms with Gasteiger partial charge in [-0.05, 0) is 38.1 Å². The van der Waals surface area contributed by atoms with E-state index in [1.807, 2.05) is 24.3 Å². The maximum absolute atomic E-state index is 10.0. The van der Waals surface area contributed by atoms with Gasteiger partial charge in [-0.2, -0.15) is 0 Å². The molecular formula is C15H23NO3. The van der Waals surface area contributed by atoms with Crippen LogP contribution in [-0.2, 0) is 0 Å². The molecule has 2 rings (SSSR count). The predicted octanol–water partition coefficient (Wildman–Crippen LogP) is 1.92. The molecule has 0 unspecified atom stereocenters. The summed E-state index contributed by atoms with van der Waals surface area (Å²) in [6, 6.07) is 7.50. The van der Waals surface area contributed by atoms with Gasteiger partial charge in [-0.1, -0.05) is 18.6 Å². The minimum atomic E-state index is -0.456. The zero-order valence-electron chi connectivity index (χ0n) is 11.5. The molecule has 0 aromatic heterocycles. The molecule has 1 N–H and O–H groups in total. The van der Waals surface area contributed by atoms with Gasteiger partial charge in [0.05, 0.1) is 7.11 Å². The number of hydrogen-bond acceptors (Lipinski definition) is 4. The molecule has 1 aliphatic rings. The van der Waals surface area contributed by atoms with E-state index in [9.17, 15) is 5.11 Å². The zero-order valence-corrected chi connectivity index (χ0v) is 11.5. The van der Waals surface area contributed by atoms with E-state index in [0.717, 1.165) is 13.1 Å². The Bertz CT molecular complexity index is 377. The summed E-state index contributed by atoms with van der Waals surface area (Å²) < 4.78 is 10.8. The van der Waals surface area contributed by atoms with E-state index in [0.29, 0.717) is 24.7 Å². The summed E-state index contributed by atoms with van der Waals surface area (Å²) in [4.78, 5) is 2.31. The molecule has 19 heavy (non-hydrogen) atoms. The smallest absolute Gasteiger partial charge is 0.161 e. The highest BCUT2D eigenvalue weighted by Crippen LogP contribution is 2.25. The molecule has 1 aromatic carbocycles. The standard InChI is InChI=1S/C15H23NO3/c1-18-14-7-3-4-8-15(14)19-12-13(17)11-16-9-5-2-6-10-16/h3-4,7-8,13,17H,2,5-6,9-12H2,1H3/t13-/m0/s1. The van der Waals surface area contributed by atoms with Crippen LogP contribution < -0.4 is 9.47 Å². The number of aliphatic hydroxyl groups excluding tert-OH is 1. The van der Waals surface area contributed by atoms with Gasteiger partial charge < -0.3 is 19.5 Å². The summed E-state index contributed by atoms with van der Waals surface area (Å²) in [7, 11) is 1.62. The lowest BCUT2D eigenvalue weighted by atomic mass is 10.1. The fourth-order valence-corrected chi connectivity index (χ4v) is 2.42. The average Bonchev–Trinajstić information content (AvgIpc) is 2.46. The quantitative estimate of drug-likeness (QED) is 0.853. The molecule has 0 amide bonds. The molecule has 4 heteroatoms. The van der Waals surface area contributed by atoms with Crippen LogP contribution in [0, 0.1) is 0 Å². The summed E-state index contributed by atoms with van der Waals surface area (Å²) in [6.45, 7) is 3.17. The third kappa shape index (κ3) is 4.40. The number of hydrogen-bond donors (Lipinski definition) is 1. The monoisotopic (exact) mass is 265 g/mol. The zero-order chi connectivity index (χ0) is 13.5. The van der Waals surface area contributed by atoms with Gasteiger partial charge in [0.25, 0.3) is 0 Å². The number of likely N-dealkylation sites (tertiary alicyclic amines) is 1. The lowest BCUT2D eigenvalue weighted by Crippen LogP contribution is -2.38. The summed E-state index contributed by atoms with van der Waals surface area (Å²) >= 11 is 0. The molecule has 0 radical (unpaired) electrons. The Morgan fingerprint density at radius 1 is 1.16 bits per heavy atom. The van der Waals surface area contributed by atoms with E-state index in [1.54, 1.807) is 7.11 Å². The van der Waals surface area contributed by atoms with E-state index >= 15 is 0 Å². The second-order valence-corrected chi connectivity index (χ2v) is 4.98. The van der Waals surface area contributed by atoms with Crippen LogP contribution in [0.4, 0.5) is 0 Å². The van der Waals surface area contributed by atoms with Crippen molar-refractivity contribution in [1.29, 1.82) is 0 Å². The first kappa shape index (κ1) is 14.2. The topological polar surface area (TPSA) is 41.9 Å². The molecule has 0 saturated carbocycles. The second-order valence-electron chi connectivity index (χ2n) is 4.98. The minimum absolute atomic E-state index is 0.302. The van der Waals surface area contributed by atoms with Gasteiger partial charge >= 0.3 is 0 Å². The lowest BCUT2D eigenvalue weighted by Gasteiger charge is -2.28. The molecule has 1 aromatic rings. The second kappa shape index (κ2) is 7.36. The number of nitrogens with zero attached hydrogens (tertiary/aromatic N) is 1. The number of β-amino-alcohol motifs (C(OH)–C–C–N with tert-alkyl or cyclic N) is 1. The first-order valence-electron chi connectivity index (χ1n) is 6.96. The Morgan fingerprint density at radius 3 is 2.53 bits per heavy atom. The number of piperidine rings is 1. The van der Waals surface area contributed by atoms with Gasteiger partial charge in [0.2, 0.25) is 0 Å². The third-order valence-electron chi connectivity index (χ3n) is 3.42. The average molecular weight is 265 g/mol. The van der Waals surface area contributed by atoms with E-state index < -0.39 is 6.10 Å². The van der Waals surface area contributed by atoms with Gasteiger partial charge in [0.15, 0.2) is 11.5 Å². The molecule has 4 nitrogen and oxygen atoms in total. The van der Waals surface area contributed by atoms with Crippen molar-refractivity contribution < 1.29 is 14.6 Å². The summed E-state index contributed by atoms with van der Waals surface area (Å²) in [5.41, 5.74) is 0. The van der Waals surface area contributed by atoms with Crippen LogP contribution in [0.3, 0.4) is 0 Å². The number of para-hydroxylation sites is 2. The van der Waals surface area contributed by atoms with Crippen LogP contribution >= 0.6 is 0 Å². The van der Waals surface area contributed by atoms with Crippen molar-refractivity contribution in [3.63, 3.8) is 0 Å². The third-order valence-corrected chi connectivity index (χ3v) is 3.42. The van der Waals surface area contributed by atoms with Crippen molar-refractivity contribution in [2.45, 2.75) is 25.4 Å². The number of aliphatic hydroxyl groups is 1. The first-order chi connectivity index (χ1) is 9.29. The van der Waals surface area contributed by atoms with Crippen molar-refractivity contribution in [3.05, 3.63) is 24.3 Å². The van der Waals surface area contributed by atoms with Crippen molar-refractivity contribution in [3.8, 4) is 11.5 Å². The number of ether oxygens (including phenoxy) is 2. The highest BCUT2D eigenvalue weighted by molar-refractivity contribution is 5.39. The Balaban J connectivity index is 1.77. The Morgan fingerprint density at radius 2 is 1.84 bits per heavy atom. The molecule has 1 aliphatic heterocycles. The predicted molar refractivity (Wildman–Crippen MR) is 74.8 cm³/mol. The van der Waals surface area contributed by atoms with Crippen molar-refractivity contribution in [1.82, 2.24) is 4.90 Å². The van der Waals surface area contributed by atoms with E-state index in [-0.39, 0.29) is 0 Å². The van der Waals surface area contributed by atoms with Crippen LogP contribution in [0.25, 0.3) is 0 Å². The summed E-state index contributed by atoms with van der Waals surface area (Å²) in [5, 5.41) is 10.0. The molecule has 0 bridgehead atoms. The minimum Gasteiger partial charge on any atom is -0.493 e. The van der Waals surface area contributed by atoms with Crippen LogP contribution in [-0.4, -0.2) is 49.5 Å². The Hall–Kier alpha value is -1.26. The molecule has 0 aliphatic carbocycles. The largest absolute Gasteiger partial charge is 0.493 e. The Labute approximate surface area is 114 Å². The van der Waals surface area contributed by atoms with Crippen LogP contribution in [0.15, 0.2) is 24.3 Å². The molecule has 106 valence electrons. The van der Waals surface area contributed by atoms with E-state index in [2.05, 4.69) is 4.90 Å². The first-order valence-corrected chi connectivity index (χ1v) is 6.96. The summed E-state index contributed by atoms with van der Waals surface area (Å²) in [5.74, 6) is 1.38. The molecule has 1 fully saturated rings. The maximum atomic E-state index is 10.0. The highest BCUT2D eigenvalue weighted by Gasteiger charge is 2.15. The lowest BCUT2D eigenvalue weighted by molar-refractivity contribution is 0.0608.